The number of aryl methyl sites for hydroxylation is 1. The molecule has 4 aliphatic carbocycles. The molecule has 1 aromatic heterocycles. The van der Waals surface area contributed by atoms with E-state index in [4.69, 9.17) is 0 Å². The summed E-state index contributed by atoms with van der Waals surface area (Å²) in [5.41, 5.74) is 2.78. The number of hydrogen-bond donors (Lipinski definition) is 0. The second-order valence-corrected chi connectivity index (χ2v) is 14.8. The van der Waals surface area contributed by atoms with Crippen LogP contribution in [0.2, 0.25) is 0 Å². The van der Waals surface area contributed by atoms with Crippen LogP contribution in [0.25, 0.3) is 0 Å². The highest BCUT2D eigenvalue weighted by atomic mass is 127. The highest BCUT2D eigenvalue weighted by Gasteiger charge is 2.60. The minimum absolute atomic E-state index is 0.621. The van der Waals surface area contributed by atoms with Crippen LogP contribution in [0, 0.1) is 50.2 Å². The van der Waals surface area contributed by atoms with Gasteiger partial charge in [0, 0.05) is 18.4 Å². The number of fused-ring (bicyclic) bond motifs is 5. The van der Waals surface area contributed by atoms with Gasteiger partial charge in [0.25, 0.3) is 0 Å². The van der Waals surface area contributed by atoms with Crippen molar-refractivity contribution in [3.8, 4) is 0 Å². The summed E-state index contributed by atoms with van der Waals surface area (Å²) in [4.78, 5) is 4.66. The van der Waals surface area contributed by atoms with Gasteiger partial charge >= 0.3 is 0 Å². The molecule has 0 radical (unpaired) electrons. The molecule has 5 rings (SSSR count). The molecule has 2 nitrogen and oxygen atoms in total. The molecule has 4 aliphatic rings. The standard InChI is InChI=1S/C32H53IN2/c1-5-6-9-21-35-25(22-34-30(35)33)13-10-11-23(2)27-16-17-28-26-15-14-24-12-7-8-19-31(24,3)29(26)18-20-32(27,28)4/h22-24,26-29H,5-21H2,1-4H3/t23-,24?,26+,27-,28+,29+,31+,32-/m1/s1. The molecule has 35 heavy (non-hydrogen) atoms. The molecule has 4 fully saturated rings. The van der Waals surface area contributed by atoms with Crippen LogP contribution >= 0.6 is 22.6 Å². The van der Waals surface area contributed by atoms with Crippen molar-refractivity contribution in [1.29, 1.82) is 0 Å². The highest BCUT2D eigenvalue weighted by Crippen LogP contribution is 2.68. The van der Waals surface area contributed by atoms with Gasteiger partial charge in [-0.05, 0) is 140 Å². The number of unbranched alkanes of at least 4 members (excludes halogenated alkanes) is 2. The molecular formula is C32H53IN2. The third kappa shape index (κ3) is 4.91. The zero-order chi connectivity index (χ0) is 24.6. The molecule has 1 aromatic rings. The summed E-state index contributed by atoms with van der Waals surface area (Å²) in [5.74, 6) is 6.00. The quantitative estimate of drug-likeness (QED) is 0.206. The van der Waals surface area contributed by atoms with E-state index in [1.165, 1.54) is 93.0 Å². The van der Waals surface area contributed by atoms with Gasteiger partial charge in [0.1, 0.15) is 0 Å². The molecule has 0 amide bonds. The Labute approximate surface area is 230 Å². The number of aromatic nitrogens is 2. The van der Waals surface area contributed by atoms with Crippen LogP contribution in [0.5, 0.6) is 0 Å². The molecule has 198 valence electrons. The first-order valence-electron chi connectivity index (χ1n) is 15.6. The zero-order valence-electron chi connectivity index (χ0n) is 23.3. The van der Waals surface area contributed by atoms with Gasteiger partial charge in [-0.15, -0.1) is 0 Å². The monoisotopic (exact) mass is 592 g/mol. The van der Waals surface area contributed by atoms with Gasteiger partial charge in [-0.25, -0.2) is 4.98 Å². The van der Waals surface area contributed by atoms with Crippen molar-refractivity contribution in [1.82, 2.24) is 9.55 Å². The van der Waals surface area contributed by atoms with Crippen molar-refractivity contribution >= 4 is 22.6 Å². The van der Waals surface area contributed by atoms with Gasteiger partial charge in [-0.2, -0.15) is 0 Å². The topological polar surface area (TPSA) is 17.8 Å². The summed E-state index contributed by atoms with van der Waals surface area (Å²) in [7, 11) is 0. The van der Waals surface area contributed by atoms with E-state index in [0.29, 0.717) is 10.8 Å². The summed E-state index contributed by atoms with van der Waals surface area (Å²) in [6.07, 6.45) is 25.3. The molecule has 1 unspecified atom stereocenters. The van der Waals surface area contributed by atoms with Crippen LogP contribution in [0.15, 0.2) is 6.20 Å². The molecule has 4 saturated carbocycles. The summed E-state index contributed by atoms with van der Waals surface area (Å²) >= 11 is 2.43. The third-order valence-electron chi connectivity index (χ3n) is 12.3. The van der Waals surface area contributed by atoms with E-state index in [-0.39, 0.29) is 0 Å². The van der Waals surface area contributed by atoms with E-state index >= 15 is 0 Å². The highest BCUT2D eigenvalue weighted by molar-refractivity contribution is 14.1. The van der Waals surface area contributed by atoms with E-state index in [9.17, 15) is 0 Å². The largest absolute Gasteiger partial charge is 0.324 e. The van der Waals surface area contributed by atoms with Crippen molar-refractivity contribution in [2.45, 2.75) is 137 Å². The normalized spacial score (nSPS) is 39.6. The number of hydrogen-bond acceptors (Lipinski definition) is 1. The lowest BCUT2D eigenvalue weighted by Crippen LogP contribution is -2.53. The molecule has 0 bridgehead atoms. The van der Waals surface area contributed by atoms with Gasteiger partial charge in [-0.1, -0.05) is 59.8 Å². The van der Waals surface area contributed by atoms with Crippen LogP contribution in [-0.2, 0) is 13.0 Å². The van der Waals surface area contributed by atoms with E-state index < -0.39 is 0 Å². The van der Waals surface area contributed by atoms with Crippen LogP contribution in [0.3, 0.4) is 0 Å². The summed E-state index contributed by atoms with van der Waals surface area (Å²) in [6.45, 7) is 11.6. The number of nitrogens with zero attached hydrogens (tertiary/aromatic N) is 2. The second kappa shape index (κ2) is 11.0. The van der Waals surface area contributed by atoms with Gasteiger partial charge in [0.15, 0.2) is 3.83 Å². The minimum Gasteiger partial charge on any atom is -0.324 e. The molecule has 0 aliphatic heterocycles. The Hall–Kier alpha value is -0.0600. The van der Waals surface area contributed by atoms with Crippen molar-refractivity contribution < 1.29 is 0 Å². The predicted octanol–water partition coefficient (Wildman–Crippen LogP) is 9.69. The summed E-state index contributed by atoms with van der Waals surface area (Å²) in [6, 6.07) is 0. The Kier molecular flexibility index (Phi) is 8.32. The SMILES string of the molecule is CCCCCn1c(CCC[C@@H](C)[C@H]2CC[C@H]3[C@@H]4CCC5CCCC[C@]5(C)[C@H]4CC[C@]23C)cnc1I. The van der Waals surface area contributed by atoms with Gasteiger partial charge < -0.3 is 4.57 Å². The average molecular weight is 593 g/mol. The second-order valence-electron chi connectivity index (χ2n) is 13.9. The first-order chi connectivity index (χ1) is 16.9. The van der Waals surface area contributed by atoms with E-state index in [1.807, 2.05) is 0 Å². The van der Waals surface area contributed by atoms with Crippen LogP contribution in [0.1, 0.15) is 130 Å². The van der Waals surface area contributed by atoms with Crippen molar-refractivity contribution in [2.75, 3.05) is 0 Å². The van der Waals surface area contributed by atoms with Crippen LogP contribution < -0.4 is 0 Å². The Bertz CT molecular complexity index is 847. The zero-order valence-corrected chi connectivity index (χ0v) is 25.5. The minimum atomic E-state index is 0.621. The maximum atomic E-state index is 4.66. The van der Waals surface area contributed by atoms with Crippen LogP contribution in [-0.4, -0.2) is 9.55 Å². The van der Waals surface area contributed by atoms with Crippen LogP contribution in [0.4, 0.5) is 0 Å². The van der Waals surface area contributed by atoms with E-state index in [2.05, 4.69) is 66.0 Å². The van der Waals surface area contributed by atoms with E-state index in [0.717, 1.165) is 42.1 Å². The summed E-state index contributed by atoms with van der Waals surface area (Å²) in [5, 5.41) is 0. The Morgan fingerprint density at radius 2 is 1.80 bits per heavy atom. The molecule has 0 N–H and O–H groups in total. The average Bonchev–Trinajstić information content (AvgIpc) is 3.38. The summed E-state index contributed by atoms with van der Waals surface area (Å²) < 4.78 is 3.68. The fraction of sp³-hybridized carbons (Fsp3) is 0.906. The maximum Gasteiger partial charge on any atom is 0.171 e. The van der Waals surface area contributed by atoms with Gasteiger partial charge in [0.05, 0.1) is 0 Å². The molecule has 3 heteroatoms. The van der Waals surface area contributed by atoms with Crippen molar-refractivity contribution in [2.24, 2.45) is 46.3 Å². The fourth-order valence-electron chi connectivity index (χ4n) is 10.4. The van der Waals surface area contributed by atoms with Crippen molar-refractivity contribution in [3.63, 3.8) is 0 Å². The van der Waals surface area contributed by atoms with Crippen molar-refractivity contribution in [3.05, 3.63) is 15.7 Å². The molecule has 8 atom stereocenters. The molecule has 1 heterocycles. The Morgan fingerprint density at radius 1 is 0.971 bits per heavy atom. The first-order valence-corrected chi connectivity index (χ1v) is 16.7. The molecule has 0 aromatic carbocycles. The van der Waals surface area contributed by atoms with Gasteiger partial charge in [-0.3, -0.25) is 0 Å². The molecular weight excluding hydrogens is 539 g/mol. The fourth-order valence-corrected chi connectivity index (χ4v) is 11.1. The third-order valence-corrected chi connectivity index (χ3v) is 13.2. The van der Waals surface area contributed by atoms with E-state index in [1.54, 1.807) is 19.3 Å². The Morgan fingerprint density at radius 3 is 2.63 bits per heavy atom. The lowest BCUT2D eigenvalue weighted by atomic mass is 9.44. The number of halogens is 1. The maximum absolute atomic E-state index is 4.66. The Balaban J connectivity index is 1.19. The molecule has 0 spiro atoms. The smallest absolute Gasteiger partial charge is 0.171 e. The molecule has 0 saturated heterocycles. The lowest BCUT2D eigenvalue weighted by Gasteiger charge is -2.61. The number of rotatable bonds is 9. The predicted molar refractivity (Wildman–Crippen MR) is 156 cm³/mol. The lowest BCUT2D eigenvalue weighted by molar-refractivity contribution is -0.114. The first kappa shape index (κ1) is 26.5. The van der Waals surface area contributed by atoms with Gasteiger partial charge in [0.2, 0.25) is 0 Å². The number of imidazole rings is 1.